The molecule has 1 aliphatic heterocycles. The normalized spacial score (nSPS) is 17.6. The van der Waals surface area contributed by atoms with Crippen LogP contribution in [0.25, 0.3) is 11.3 Å². The van der Waals surface area contributed by atoms with E-state index >= 15 is 0 Å². The Morgan fingerprint density at radius 2 is 2.04 bits per heavy atom. The Labute approximate surface area is 148 Å². The fourth-order valence-electron chi connectivity index (χ4n) is 3.02. The standard InChI is InChI=1S/C19H25N5O/c1-14(2)12-21-19(25)16-4-3-11-24(13-16)18-6-5-17(22-23-18)15-7-9-20-10-8-15/h5-10,14,16H,3-4,11-13H2,1-2H3,(H,21,25). The van der Waals surface area contributed by atoms with Crippen LogP contribution in [0.15, 0.2) is 36.7 Å². The molecule has 1 atom stereocenters. The number of hydrogen-bond acceptors (Lipinski definition) is 5. The quantitative estimate of drug-likeness (QED) is 0.906. The van der Waals surface area contributed by atoms with E-state index in [2.05, 4.69) is 39.2 Å². The first-order chi connectivity index (χ1) is 12.1. The van der Waals surface area contributed by atoms with Gasteiger partial charge >= 0.3 is 0 Å². The molecule has 1 saturated heterocycles. The van der Waals surface area contributed by atoms with Crippen LogP contribution in [0.2, 0.25) is 0 Å². The number of nitrogens with zero attached hydrogens (tertiary/aromatic N) is 4. The monoisotopic (exact) mass is 339 g/mol. The number of pyridine rings is 1. The minimum absolute atomic E-state index is 0.0224. The Kier molecular flexibility index (Phi) is 5.58. The molecule has 1 fully saturated rings. The Bertz CT molecular complexity index is 687. The summed E-state index contributed by atoms with van der Waals surface area (Å²) in [7, 11) is 0. The van der Waals surface area contributed by atoms with Crippen molar-refractivity contribution in [3.8, 4) is 11.3 Å². The summed E-state index contributed by atoms with van der Waals surface area (Å²) < 4.78 is 0. The second kappa shape index (κ2) is 8.05. The fraction of sp³-hybridized carbons (Fsp3) is 0.474. The van der Waals surface area contributed by atoms with Crippen molar-refractivity contribution in [2.24, 2.45) is 11.8 Å². The third kappa shape index (κ3) is 4.53. The van der Waals surface area contributed by atoms with Crippen LogP contribution in [0.3, 0.4) is 0 Å². The number of anilines is 1. The summed E-state index contributed by atoms with van der Waals surface area (Å²) in [6.07, 6.45) is 5.42. The molecule has 0 spiro atoms. The van der Waals surface area contributed by atoms with Crippen molar-refractivity contribution >= 4 is 11.7 Å². The molecule has 0 aliphatic carbocycles. The third-order valence-electron chi connectivity index (χ3n) is 4.43. The lowest BCUT2D eigenvalue weighted by molar-refractivity contribution is -0.125. The van der Waals surface area contributed by atoms with Gasteiger partial charge in [0, 0.05) is 37.6 Å². The van der Waals surface area contributed by atoms with Crippen molar-refractivity contribution in [1.82, 2.24) is 20.5 Å². The highest BCUT2D eigenvalue weighted by molar-refractivity contribution is 5.79. The summed E-state index contributed by atoms with van der Waals surface area (Å²) in [5.41, 5.74) is 1.83. The van der Waals surface area contributed by atoms with Crippen LogP contribution in [-0.2, 0) is 4.79 Å². The van der Waals surface area contributed by atoms with Gasteiger partial charge in [-0.05, 0) is 43.0 Å². The van der Waals surface area contributed by atoms with E-state index in [9.17, 15) is 4.79 Å². The lowest BCUT2D eigenvalue weighted by atomic mass is 9.97. The maximum absolute atomic E-state index is 12.3. The molecule has 0 saturated carbocycles. The minimum atomic E-state index is 0.0224. The Balaban J connectivity index is 1.64. The molecule has 0 radical (unpaired) electrons. The number of rotatable bonds is 5. The SMILES string of the molecule is CC(C)CNC(=O)C1CCCN(c2ccc(-c3ccncc3)nn2)C1. The molecule has 1 amide bonds. The summed E-state index contributed by atoms with van der Waals surface area (Å²) in [5, 5.41) is 11.8. The Morgan fingerprint density at radius 1 is 1.24 bits per heavy atom. The van der Waals surface area contributed by atoms with Crippen LogP contribution >= 0.6 is 0 Å². The maximum Gasteiger partial charge on any atom is 0.224 e. The van der Waals surface area contributed by atoms with Gasteiger partial charge in [-0.2, -0.15) is 0 Å². The van der Waals surface area contributed by atoms with Gasteiger partial charge in [0.25, 0.3) is 0 Å². The van der Waals surface area contributed by atoms with E-state index in [1.165, 1.54) is 0 Å². The van der Waals surface area contributed by atoms with Gasteiger partial charge in [0.1, 0.15) is 0 Å². The molecule has 3 heterocycles. The molecular weight excluding hydrogens is 314 g/mol. The van der Waals surface area contributed by atoms with E-state index in [1.807, 2.05) is 24.3 Å². The van der Waals surface area contributed by atoms with E-state index in [1.54, 1.807) is 12.4 Å². The molecule has 1 unspecified atom stereocenters. The van der Waals surface area contributed by atoms with Gasteiger partial charge in [-0.25, -0.2) is 0 Å². The summed E-state index contributed by atoms with van der Waals surface area (Å²) in [4.78, 5) is 18.5. The predicted octanol–water partition coefficient (Wildman–Crippen LogP) is 2.53. The molecule has 132 valence electrons. The van der Waals surface area contributed by atoms with Crippen LogP contribution in [0.4, 0.5) is 5.82 Å². The van der Waals surface area contributed by atoms with Gasteiger partial charge in [0.15, 0.2) is 5.82 Å². The first-order valence-corrected chi connectivity index (χ1v) is 8.90. The number of aromatic nitrogens is 3. The topological polar surface area (TPSA) is 71.0 Å². The lowest BCUT2D eigenvalue weighted by Gasteiger charge is -2.32. The van der Waals surface area contributed by atoms with Gasteiger partial charge < -0.3 is 10.2 Å². The molecule has 6 nitrogen and oxygen atoms in total. The highest BCUT2D eigenvalue weighted by Crippen LogP contribution is 2.23. The second-order valence-electron chi connectivity index (χ2n) is 6.94. The van der Waals surface area contributed by atoms with Crippen molar-refractivity contribution in [3.63, 3.8) is 0 Å². The van der Waals surface area contributed by atoms with Gasteiger partial charge in [-0.15, -0.1) is 10.2 Å². The second-order valence-corrected chi connectivity index (χ2v) is 6.94. The molecule has 0 aromatic carbocycles. The summed E-state index contributed by atoms with van der Waals surface area (Å²) in [6, 6.07) is 7.79. The Hall–Kier alpha value is -2.50. The van der Waals surface area contributed by atoms with E-state index in [0.717, 1.165) is 43.0 Å². The zero-order chi connectivity index (χ0) is 17.6. The van der Waals surface area contributed by atoms with Crippen molar-refractivity contribution in [2.45, 2.75) is 26.7 Å². The third-order valence-corrected chi connectivity index (χ3v) is 4.43. The fourth-order valence-corrected chi connectivity index (χ4v) is 3.02. The number of carbonyl (C=O) groups excluding carboxylic acids is 1. The molecule has 0 bridgehead atoms. The minimum Gasteiger partial charge on any atom is -0.356 e. The highest BCUT2D eigenvalue weighted by atomic mass is 16.1. The molecule has 3 rings (SSSR count). The zero-order valence-electron chi connectivity index (χ0n) is 14.9. The van der Waals surface area contributed by atoms with Crippen molar-refractivity contribution in [2.75, 3.05) is 24.5 Å². The molecule has 1 aliphatic rings. The first kappa shape index (κ1) is 17.3. The molecule has 2 aromatic heterocycles. The summed E-state index contributed by atoms with van der Waals surface area (Å²) in [5.74, 6) is 1.48. The number of hydrogen-bond donors (Lipinski definition) is 1. The molecule has 25 heavy (non-hydrogen) atoms. The molecular formula is C19H25N5O. The van der Waals surface area contributed by atoms with Crippen molar-refractivity contribution in [1.29, 1.82) is 0 Å². The van der Waals surface area contributed by atoms with Gasteiger partial charge in [-0.3, -0.25) is 9.78 Å². The molecule has 2 aromatic rings. The molecule has 6 heteroatoms. The predicted molar refractivity (Wildman–Crippen MR) is 98.0 cm³/mol. The van der Waals surface area contributed by atoms with Crippen LogP contribution in [-0.4, -0.2) is 40.7 Å². The van der Waals surface area contributed by atoms with Crippen LogP contribution in [0, 0.1) is 11.8 Å². The average molecular weight is 339 g/mol. The average Bonchev–Trinajstić information content (AvgIpc) is 2.67. The lowest BCUT2D eigenvalue weighted by Crippen LogP contribution is -2.44. The van der Waals surface area contributed by atoms with Gasteiger partial charge in [-0.1, -0.05) is 13.8 Å². The molecule has 1 N–H and O–H groups in total. The van der Waals surface area contributed by atoms with Gasteiger partial charge in [0.2, 0.25) is 5.91 Å². The van der Waals surface area contributed by atoms with E-state index in [4.69, 9.17) is 0 Å². The smallest absolute Gasteiger partial charge is 0.224 e. The van der Waals surface area contributed by atoms with Crippen LogP contribution < -0.4 is 10.2 Å². The van der Waals surface area contributed by atoms with Crippen LogP contribution in [0.1, 0.15) is 26.7 Å². The van der Waals surface area contributed by atoms with E-state index in [-0.39, 0.29) is 11.8 Å². The number of carbonyl (C=O) groups is 1. The number of amides is 1. The summed E-state index contributed by atoms with van der Waals surface area (Å²) in [6.45, 7) is 6.56. The number of nitrogens with one attached hydrogen (secondary N) is 1. The number of piperidine rings is 1. The van der Waals surface area contributed by atoms with Crippen molar-refractivity contribution in [3.05, 3.63) is 36.7 Å². The van der Waals surface area contributed by atoms with Crippen molar-refractivity contribution < 1.29 is 4.79 Å². The summed E-state index contributed by atoms with van der Waals surface area (Å²) >= 11 is 0. The highest BCUT2D eigenvalue weighted by Gasteiger charge is 2.26. The van der Waals surface area contributed by atoms with E-state index in [0.29, 0.717) is 12.5 Å². The van der Waals surface area contributed by atoms with E-state index < -0.39 is 0 Å². The largest absolute Gasteiger partial charge is 0.356 e. The maximum atomic E-state index is 12.3. The first-order valence-electron chi connectivity index (χ1n) is 8.90. The zero-order valence-corrected chi connectivity index (χ0v) is 14.9. The van der Waals surface area contributed by atoms with Crippen LogP contribution in [0.5, 0.6) is 0 Å². The Morgan fingerprint density at radius 3 is 2.72 bits per heavy atom. The van der Waals surface area contributed by atoms with Gasteiger partial charge in [0.05, 0.1) is 11.6 Å².